The minimum absolute atomic E-state index is 0.144. The molecule has 27 heavy (non-hydrogen) atoms. The molecule has 2 aromatic carbocycles. The van der Waals surface area contributed by atoms with Crippen LogP contribution in [0, 0.1) is 6.92 Å². The normalized spacial score (nSPS) is 15.5. The van der Waals surface area contributed by atoms with Gasteiger partial charge in [0.2, 0.25) is 0 Å². The van der Waals surface area contributed by atoms with Crippen LogP contribution in [-0.2, 0) is 4.79 Å². The fraction of sp³-hybridized carbons (Fsp3) is 0.227. The SMILES string of the molecule is CCC(=O)C[C@@H]1N=C(c2ccc(Cl)cc2)c2ccccc2-c2c(C)noc21. The molecule has 0 spiro atoms. The van der Waals surface area contributed by atoms with Gasteiger partial charge in [-0.15, -0.1) is 0 Å². The van der Waals surface area contributed by atoms with E-state index in [-0.39, 0.29) is 5.78 Å². The maximum absolute atomic E-state index is 12.2. The van der Waals surface area contributed by atoms with E-state index in [0.29, 0.717) is 23.6 Å². The first-order valence-electron chi connectivity index (χ1n) is 9.00. The molecule has 136 valence electrons. The number of nitrogens with zero attached hydrogens (tertiary/aromatic N) is 2. The molecule has 0 unspecified atom stereocenters. The van der Waals surface area contributed by atoms with Crippen LogP contribution in [-0.4, -0.2) is 16.7 Å². The highest BCUT2D eigenvalue weighted by Gasteiger charge is 2.31. The molecule has 4 nitrogen and oxygen atoms in total. The maximum Gasteiger partial charge on any atom is 0.169 e. The van der Waals surface area contributed by atoms with Crippen LogP contribution in [0.5, 0.6) is 0 Å². The number of hydrogen-bond acceptors (Lipinski definition) is 4. The first-order valence-corrected chi connectivity index (χ1v) is 9.37. The van der Waals surface area contributed by atoms with Crippen molar-refractivity contribution in [2.24, 2.45) is 4.99 Å². The molecule has 0 bridgehead atoms. The van der Waals surface area contributed by atoms with Crippen molar-refractivity contribution >= 4 is 23.1 Å². The molecular formula is C22H19ClN2O2. The number of rotatable bonds is 4. The van der Waals surface area contributed by atoms with Crippen LogP contribution in [0.2, 0.25) is 5.02 Å². The van der Waals surface area contributed by atoms with Gasteiger partial charge in [-0.1, -0.05) is 60.1 Å². The van der Waals surface area contributed by atoms with E-state index in [1.54, 1.807) is 0 Å². The Morgan fingerprint density at radius 1 is 1.11 bits per heavy atom. The predicted molar refractivity (Wildman–Crippen MR) is 106 cm³/mol. The molecule has 3 aromatic rings. The number of hydrogen-bond donors (Lipinski definition) is 0. The van der Waals surface area contributed by atoms with Gasteiger partial charge in [0.25, 0.3) is 0 Å². The van der Waals surface area contributed by atoms with Crippen LogP contribution in [0.3, 0.4) is 0 Å². The van der Waals surface area contributed by atoms with Crippen molar-refractivity contribution in [2.75, 3.05) is 0 Å². The topological polar surface area (TPSA) is 55.5 Å². The Balaban J connectivity index is 1.97. The molecule has 0 aliphatic carbocycles. The molecular weight excluding hydrogens is 360 g/mol. The van der Waals surface area contributed by atoms with Gasteiger partial charge < -0.3 is 4.52 Å². The number of fused-ring (bicyclic) bond motifs is 3. The van der Waals surface area contributed by atoms with Crippen LogP contribution in [0.1, 0.15) is 48.4 Å². The summed E-state index contributed by atoms with van der Waals surface area (Å²) in [4.78, 5) is 17.2. The summed E-state index contributed by atoms with van der Waals surface area (Å²) in [7, 11) is 0. The van der Waals surface area contributed by atoms with Gasteiger partial charge in [0.15, 0.2) is 5.76 Å². The van der Waals surface area contributed by atoms with Crippen LogP contribution < -0.4 is 0 Å². The third-order valence-electron chi connectivity index (χ3n) is 4.86. The first kappa shape index (κ1) is 17.7. The molecule has 0 fully saturated rings. The molecule has 0 saturated heterocycles. The van der Waals surface area contributed by atoms with Gasteiger partial charge in [-0.3, -0.25) is 9.79 Å². The lowest BCUT2D eigenvalue weighted by atomic mass is 9.93. The lowest BCUT2D eigenvalue weighted by Gasteiger charge is -2.11. The Hall–Kier alpha value is -2.72. The second-order valence-electron chi connectivity index (χ2n) is 6.65. The molecule has 2 heterocycles. The van der Waals surface area contributed by atoms with E-state index >= 15 is 0 Å². The predicted octanol–water partition coefficient (Wildman–Crippen LogP) is 5.56. The van der Waals surface area contributed by atoms with Crippen LogP contribution in [0.15, 0.2) is 58.0 Å². The summed E-state index contributed by atoms with van der Waals surface area (Å²) in [6, 6.07) is 15.3. The summed E-state index contributed by atoms with van der Waals surface area (Å²) < 4.78 is 5.65. The van der Waals surface area contributed by atoms with Gasteiger partial charge in [0.05, 0.1) is 17.0 Å². The molecule has 1 atom stereocenters. The van der Waals surface area contributed by atoms with Crippen LogP contribution >= 0.6 is 11.6 Å². The van der Waals surface area contributed by atoms with Crippen molar-refractivity contribution < 1.29 is 9.32 Å². The zero-order chi connectivity index (χ0) is 19.0. The summed E-state index contributed by atoms with van der Waals surface area (Å²) >= 11 is 6.07. The number of aryl methyl sites for hydroxylation is 1. The second-order valence-corrected chi connectivity index (χ2v) is 7.09. The highest BCUT2D eigenvalue weighted by atomic mass is 35.5. The maximum atomic E-state index is 12.2. The smallest absolute Gasteiger partial charge is 0.169 e. The monoisotopic (exact) mass is 378 g/mol. The molecule has 0 saturated carbocycles. The fourth-order valence-corrected chi connectivity index (χ4v) is 3.60. The molecule has 4 rings (SSSR count). The average molecular weight is 379 g/mol. The molecule has 0 amide bonds. The number of benzene rings is 2. The van der Waals surface area contributed by atoms with E-state index in [1.165, 1.54) is 0 Å². The summed E-state index contributed by atoms with van der Waals surface area (Å²) in [6.07, 6.45) is 0.765. The number of carbonyl (C=O) groups excluding carboxylic acids is 1. The molecule has 1 aliphatic heterocycles. The number of ketones is 1. The molecule has 1 aromatic heterocycles. The van der Waals surface area contributed by atoms with Gasteiger partial charge in [0.1, 0.15) is 11.8 Å². The Morgan fingerprint density at radius 3 is 2.52 bits per heavy atom. The summed E-state index contributed by atoms with van der Waals surface area (Å²) in [5.41, 5.74) is 5.55. The number of aliphatic imine (C=N–C) groups is 1. The van der Waals surface area contributed by atoms with E-state index < -0.39 is 6.04 Å². The minimum Gasteiger partial charge on any atom is -0.358 e. The standard InChI is InChI=1S/C22H19ClN2O2/c1-3-16(26)12-19-22-20(13(2)25-27-22)17-6-4-5-7-18(17)21(24-19)14-8-10-15(23)11-9-14/h4-11,19H,3,12H2,1-2H3/t19-/m0/s1. The second kappa shape index (κ2) is 7.12. The Labute approximate surface area is 162 Å². The van der Waals surface area contributed by atoms with Gasteiger partial charge >= 0.3 is 0 Å². The lowest BCUT2D eigenvalue weighted by molar-refractivity contribution is -0.119. The molecule has 0 radical (unpaired) electrons. The van der Waals surface area contributed by atoms with Gasteiger partial charge in [-0.25, -0.2) is 0 Å². The van der Waals surface area contributed by atoms with Crippen molar-refractivity contribution in [1.82, 2.24) is 5.16 Å². The minimum atomic E-state index is -0.397. The Morgan fingerprint density at radius 2 is 1.81 bits per heavy atom. The summed E-state index contributed by atoms with van der Waals surface area (Å²) in [5.74, 6) is 0.802. The average Bonchev–Trinajstić information content (AvgIpc) is 3.00. The molecule has 1 aliphatic rings. The zero-order valence-corrected chi connectivity index (χ0v) is 16.0. The number of carbonyl (C=O) groups is 1. The van der Waals surface area contributed by atoms with Gasteiger partial charge in [-0.2, -0.15) is 0 Å². The van der Waals surface area contributed by atoms with Gasteiger partial charge in [0, 0.05) is 29.0 Å². The number of aromatic nitrogens is 1. The van der Waals surface area contributed by atoms with Crippen molar-refractivity contribution in [3.8, 4) is 11.1 Å². The summed E-state index contributed by atoms with van der Waals surface area (Å²) in [6.45, 7) is 3.79. The largest absolute Gasteiger partial charge is 0.358 e. The van der Waals surface area contributed by atoms with Crippen molar-refractivity contribution in [3.63, 3.8) is 0 Å². The summed E-state index contributed by atoms with van der Waals surface area (Å²) in [5, 5.41) is 4.83. The van der Waals surface area contributed by atoms with Crippen LogP contribution in [0.25, 0.3) is 11.1 Å². The van der Waals surface area contributed by atoms with E-state index in [1.807, 2.05) is 62.4 Å². The number of Topliss-reactive ketones (excluding diaryl/α,β-unsaturated/α-hetero) is 1. The highest BCUT2D eigenvalue weighted by Crippen LogP contribution is 2.40. The van der Waals surface area contributed by atoms with E-state index in [0.717, 1.165) is 33.7 Å². The molecule has 5 heteroatoms. The molecule has 0 N–H and O–H groups in total. The Bertz CT molecular complexity index is 1030. The van der Waals surface area contributed by atoms with Crippen molar-refractivity contribution in [2.45, 2.75) is 32.7 Å². The van der Waals surface area contributed by atoms with Crippen molar-refractivity contribution in [3.05, 3.63) is 76.1 Å². The first-order chi connectivity index (χ1) is 13.1. The van der Waals surface area contributed by atoms with Crippen LogP contribution in [0.4, 0.5) is 0 Å². The fourth-order valence-electron chi connectivity index (χ4n) is 3.47. The quantitative estimate of drug-likeness (QED) is 0.596. The zero-order valence-electron chi connectivity index (χ0n) is 15.2. The third kappa shape index (κ3) is 3.21. The van der Waals surface area contributed by atoms with E-state index in [9.17, 15) is 4.79 Å². The number of halogens is 1. The van der Waals surface area contributed by atoms with E-state index in [2.05, 4.69) is 5.16 Å². The third-order valence-corrected chi connectivity index (χ3v) is 5.11. The van der Waals surface area contributed by atoms with Crippen molar-refractivity contribution in [1.29, 1.82) is 0 Å². The van der Waals surface area contributed by atoms with Gasteiger partial charge in [-0.05, 0) is 24.6 Å². The Kier molecular flexibility index (Phi) is 4.66. The van der Waals surface area contributed by atoms with E-state index in [4.69, 9.17) is 21.1 Å². The highest BCUT2D eigenvalue weighted by molar-refractivity contribution is 6.30. The lowest BCUT2D eigenvalue weighted by Crippen LogP contribution is -2.08.